The summed E-state index contributed by atoms with van der Waals surface area (Å²) in [5.41, 5.74) is 3.98. The third kappa shape index (κ3) is 4.11. The number of fused-ring (bicyclic) bond motifs is 1. The molecule has 0 saturated heterocycles. The van der Waals surface area contributed by atoms with Gasteiger partial charge in [-0.25, -0.2) is 9.37 Å². The largest absolute Gasteiger partial charge is 0.483 e. The van der Waals surface area contributed by atoms with Crippen LogP contribution in [0, 0.1) is 19.7 Å². The molecule has 1 N–H and O–H groups in total. The first-order valence-electron chi connectivity index (χ1n) is 9.15. The molecule has 1 heterocycles. The zero-order valence-corrected chi connectivity index (χ0v) is 16.0. The number of benzene rings is 3. The molecule has 0 radical (unpaired) electrons. The van der Waals surface area contributed by atoms with E-state index in [1.54, 1.807) is 36.4 Å². The average Bonchev–Trinajstić information content (AvgIpc) is 3.10. The Hall–Kier alpha value is -3.67. The van der Waals surface area contributed by atoms with E-state index in [2.05, 4.69) is 10.3 Å². The van der Waals surface area contributed by atoms with E-state index in [0.29, 0.717) is 22.5 Å². The highest BCUT2D eigenvalue weighted by atomic mass is 19.1. The molecule has 0 unspecified atom stereocenters. The van der Waals surface area contributed by atoms with Crippen molar-refractivity contribution in [3.8, 4) is 17.2 Å². The summed E-state index contributed by atoms with van der Waals surface area (Å²) in [6.45, 7) is 3.83. The second-order valence-electron chi connectivity index (χ2n) is 6.79. The topological polar surface area (TPSA) is 64.4 Å². The van der Waals surface area contributed by atoms with Gasteiger partial charge in [0.1, 0.15) is 17.1 Å². The number of aryl methyl sites for hydroxylation is 2. The van der Waals surface area contributed by atoms with Crippen molar-refractivity contribution in [1.82, 2.24) is 4.98 Å². The summed E-state index contributed by atoms with van der Waals surface area (Å²) in [5.74, 6) is 0.172. The zero-order valence-electron chi connectivity index (χ0n) is 16.0. The lowest BCUT2D eigenvalue weighted by atomic mass is 10.1. The number of ether oxygens (including phenoxy) is 1. The Morgan fingerprint density at radius 1 is 1.10 bits per heavy atom. The van der Waals surface area contributed by atoms with Crippen molar-refractivity contribution < 1.29 is 18.3 Å². The standard InChI is InChI=1S/C23H19FN2O3/c1-14-7-9-20(15(2)11-14)28-13-22(27)25-16-8-10-21-19(12-16)26-23(29-21)17-5-3-4-6-18(17)24/h3-12H,13H2,1-2H3,(H,25,27). The van der Waals surface area contributed by atoms with Gasteiger partial charge in [0.05, 0.1) is 5.56 Å². The molecule has 6 heteroatoms. The van der Waals surface area contributed by atoms with E-state index in [1.807, 2.05) is 32.0 Å². The maximum Gasteiger partial charge on any atom is 0.262 e. The molecule has 0 spiro atoms. The number of nitrogens with zero attached hydrogens (tertiary/aromatic N) is 1. The molecule has 0 aliphatic heterocycles. The molecule has 4 rings (SSSR count). The number of aromatic nitrogens is 1. The molecule has 3 aromatic carbocycles. The third-order valence-corrected chi connectivity index (χ3v) is 4.46. The summed E-state index contributed by atoms with van der Waals surface area (Å²) in [6, 6.07) is 17.1. The van der Waals surface area contributed by atoms with E-state index in [0.717, 1.165) is 11.1 Å². The number of hydrogen-bond donors (Lipinski definition) is 1. The van der Waals surface area contributed by atoms with Crippen molar-refractivity contribution in [1.29, 1.82) is 0 Å². The Kier molecular flexibility index (Phi) is 4.99. The SMILES string of the molecule is Cc1ccc(OCC(=O)Nc2ccc3oc(-c4ccccc4F)nc3c2)c(C)c1. The highest BCUT2D eigenvalue weighted by molar-refractivity contribution is 5.94. The minimum Gasteiger partial charge on any atom is -0.483 e. The fourth-order valence-corrected chi connectivity index (χ4v) is 3.06. The quantitative estimate of drug-likeness (QED) is 0.504. The third-order valence-electron chi connectivity index (χ3n) is 4.46. The molecule has 4 aromatic rings. The van der Waals surface area contributed by atoms with E-state index in [9.17, 15) is 9.18 Å². The van der Waals surface area contributed by atoms with Crippen LogP contribution in [0.2, 0.25) is 0 Å². The minimum absolute atomic E-state index is 0.110. The summed E-state index contributed by atoms with van der Waals surface area (Å²) in [7, 11) is 0. The number of oxazole rings is 1. The Balaban J connectivity index is 1.46. The lowest BCUT2D eigenvalue weighted by Crippen LogP contribution is -2.20. The second kappa shape index (κ2) is 7.75. The number of amides is 1. The number of rotatable bonds is 5. The molecule has 1 amide bonds. The van der Waals surface area contributed by atoms with Crippen LogP contribution in [-0.2, 0) is 4.79 Å². The molecule has 0 bridgehead atoms. The summed E-state index contributed by atoms with van der Waals surface area (Å²) in [5, 5.41) is 2.78. The van der Waals surface area contributed by atoms with Gasteiger partial charge < -0.3 is 14.5 Å². The van der Waals surface area contributed by atoms with Crippen LogP contribution in [0.5, 0.6) is 5.75 Å². The summed E-state index contributed by atoms with van der Waals surface area (Å²) < 4.78 is 25.2. The molecule has 0 aliphatic carbocycles. The molecule has 5 nitrogen and oxygen atoms in total. The van der Waals surface area contributed by atoms with E-state index in [-0.39, 0.29) is 24.0 Å². The summed E-state index contributed by atoms with van der Waals surface area (Å²) in [4.78, 5) is 16.6. The first kappa shape index (κ1) is 18.7. The zero-order chi connectivity index (χ0) is 20.4. The summed E-state index contributed by atoms with van der Waals surface area (Å²) >= 11 is 0. The van der Waals surface area contributed by atoms with Crippen LogP contribution >= 0.6 is 0 Å². The first-order valence-corrected chi connectivity index (χ1v) is 9.15. The minimum atomic E-state index is -0.406. The van der Waals surface area contributed by atoms with Crippen LogP contribution in [0.15, 0.2) is 65.1 Å². The first-order chi connectivity index (χ1) is 14.0. The Bertz CT molecular complexity index is 1200. The molecule has 0 atom stereocenters. The molecular formula is C23H19FN2O3. The van der Waals surface area contributed by atoms with Crippen molar-refractivity contribution in [2.24, 2.45) is 0 Å². The van der Waals surface area contributed by atoms with E-state index >= 15 is 0 Å². The fourth-order valence-electron chi connectivity index (χ4n) is 3.06. The molecule has 146 valence electrons. The van der Waals surface area contributed by atoms with Crippen molar-refractivity contribution in [2.75, 3.05) is 11.9 Å². The van der Waals surface area contributed by atoms with Crippen molar-refractivity contribution in [3.05, 3.63) is 77.6 Å². The van der Waals surface area contributed by atoms with Gasteiger partial charge in [-0.1, -0.05) is 29.8 Å². The van der Waals surface area contributed by atoms with Crippen LogP contribution in [0.1, 0.15) is 11.1 Å². The number of carbonyl (C=O) groups excluding carboxylic acids is 1. The smallest absolute Gasteiger partial charge is 0.262 e. The highest BCUT2D eigenvalue weighted by Gasteiger charge is 2.13. The van der Waals surface area contributed by atoms with Gasteiger partial charge in [0.15, 0.2) is 12.2 Å². The van der Waals surface area contributed by atoms with Crippen LogP contribution in [-0.4, -0.2) is 17.5 Å². The van der Waals surface area contributed by atoms with Gasteiger partial charge in [-0.2, -0.15) is 0 Å². The maximum absolute atomic E-state index is 14.0. The Morgan fingerprint density at radius 2 is 1.93 bits per heavy atom. The molecule has 0 saturated carbocycles. The second-order valence-corrected chi connectivity index (χ2v) is 6.79. The Labute approximate surface area is 167 Å². The highest BCUT2D eigenvalue weighted by Crippen LogP contribution is 2.27. The van der Waals surface area contributed by atoms with Crippen LogP contribution in [0.3, 0.4) is 0 Å². The van der Waals surface area contributed by atoms with Gasteiger partial charge in [0, 0.05) is 5.69 Å². The van der Waals surface area contributed by atoms with Gasteiger partial charge in [-0.15, -0.1) is 0 Å². The van der Waals surface area contributed by atoms with Gasteiger partial charge in [-0.3, -0.25) is 4.79 Å². The van der Waals surface area contributed by atoms with Gasteiger partial charge in [0.2, 0.25) is 5.89 Å². The number of hydrogen-bond acceptors (Lipinski definition) is 4. The van der Waals surface area contributed by atoms with Crippen molar-refractivity contribution >= 4 is 22.7 Å². The van der Waals surface area contributed by atoms with E-state index in [1.165, 1.54) is 6.07 Å². The molecule has 0 fully saturated rings. The average molecular weight is 390 g/mol. The monoisotopic (exact) mass is 390 g/mol. The maximum atomic E-state index is 14.0. The van der Waals surface area contributed by atoms with Gasteiger partial charge in [-0.05, 0) is 55.8 Å². The van der Waals surface area contributed by atoms with Crippen molar-refractivity contribution in [2.45, 2.75) is 13.8 Å². The van der Waals surface area contributed by atoms with Crippen LogP contribution in [0.25, 0.3) is 22.6 Å². The molecule has 29 heavy (non-hydrogen) atoms. The molecular weight excluding hydrogens is 371 g/mol. The number of nitrogens with one attached hydrogen (secondary N) is 1. The number of halogens is 1. The lowest BCUT2D eigenvalue weighted by Gasteiger charge is -2.10. The van der Waals surface area contributed by atoms with Gasteiger partial charge >= 0.3 is 0 Å². The number of carbonyl (C=O) groups is 1. The predicted octanol–water partition coefficient (Wildman–Crippen LogP) is 5.27. The molecule has 0 aliphatic rings. The van der Waals surface area contributed by atoms with Crippen molar-refractivity contribution in [3.63, 3.8) is 0 Å². The van der Waals surface area contributed by atoms with E-state index < -0.39 is 5.82 Å². The van der Waals surface area contributed by atoms with E-state index in [4.69, 9.17) is 9.15 Å². The molecule has 1 aromatic heterocycles. The Morgan fingerprint density at radius 3 is 2.72 bits per heavy atom. The van der Waals surface area contributed by atoms with Crippen LogP contribution < -0.4 is 10.1 Å². The number of anilines is 1. The fraction of sp³-hybridized carbons (Fsp3) is 0.130. The normalized spacial score (nSPS) is 10.9. The van der Waals surface area contributed by atoms with Crippen LogP contribution in [0.4, 0.5) is 10.1 Å². The lowest BCUT2D eigenvalue weighted by molar-refractivity contribution is -0.118. The predicted molar refractivity (Wildman–Crippen MR) is 109 cm³/mol. The summed E-state index contributed by atoms with van der Waals surface area (Å²) in [6.07, 6.45) is 0. The van der Waals surface area contributed by atoms with Gasteiger partial charge in [0.25, 0.3) is 5.91 Å².